The fourth-order valence-corrected chi connectivity index (χ4v) is 5.27. The van der Waals surface area contributed by atoms with Crippen molar-refractivity contribution in [3.63, 3.8) is 0 Å². The predicted molar refractivity (Wildman–Crippen MR) is 143 cm³/mol. The quantitative estimate of drug-likeness (QED) is 0.261. The van der Waals surface area contributed by atoms with Gasteiger partial charge in [0, 0.05) is 17.1 Å². The first-order valence-electron chi connectivity index (χ1n) is 11.9. The Bertz CT molecular complexity index is 1650. The number of pyridine rings is 1. The first-order chi connectivity index (χ1) is 18.5. The van der Waals surface area contributed by atoms with Gasteiger partial charge in [-0.05, 0) is 66.6 Å². The van der Waals surface area contributed by atoms with Crippen molar-refractivity contribution < 1.29 is 23.4 Å². The van der Waals surface area contributed by atoms with E-state index in [0.29, 0.717) is 34.5 Å². The number of amides is 1. The molecule has 5 aromatic rings. The Labute approximate surface area is 221 Å². The van der Waals surface area contributed by atoms with Crippen LogP contribution >= 0.6 is 11.8 Å². The van der Waals surface area contributed by atoms with Crippen LogP contribution in [0.1, 0.15) is 11.1 Å². The molecule has 0 saturated heterocycles. The molecular formula is C28H23FN4O4S. The summed E-state index contributed by atoms with van der Waals surface area (Å²) in [6.45, 7) is 2.47. The van der Waals surface area contributed by atoms with Crippen LogP contribution in [0.2, 0.25) is 0 Å². The fraction of sp³-hybridized carbons (Fsp3) is 0.179. The normalized spacial score (nSPS) is 12.3. The summed E-state index contributed by atoms with van der Waals surface area (Å²) in [5.41, 5.74) is 4.05. The number of methoxy groups -OCH3 is 1. The minimum atomic E-state index is -0.363. The van der Waals surface area contributed by atoms with Crippen LogP contribution in [-0.2, 0) is 11.3 Å². The monoisotopic (exact) mass is 530 g/mol. The van der Waals surface area contributed by atoms with E-state index in [9.17, 15) is 9.18 Å². The van der Waals surface area contributed by atoms with Crippen LogP contribution in [0, 0.1) is 12.7 Å². The van der Waals surface area contributed by atoms with Gasteiger partial charge < -0.3 is 19.1 Å². The van der Waals surface area contributed by atoms with Gasteiger partial charge in [0.25, 0.3) is 0 Å². The highest BCUT2D eigenvalue weighted by molar-refractivity contribution is 7.99. The van der Waals surface area contributed by atoms with Gasteiger partial charge in [0.05, 0.1) is 24.9 Å². The summed E-state index contributed by atoms with van der Waals surface area (Å²) in [6, 6.07) is 19.3. The molecule has 0 N–H and O–H groups in total. The van der Waals surface area contributed by atoms with E-state index in [1.54, 1.807) is 24.1 Å². The van der Waals surface area contributed by atoms with Gasteiger partial charge in [-0.1, -0.05) is 23.9 Å². The Hall–Kier alpha value is -4.31. The molecule has 0 bridgehead atoms. The molecule has 1 aliphatic rings. The van der Waals surface area contributed by atoms with Gasteiger partial charge in [-0.15, -0.1) is 10.2 Å². The van der Waals surface area contributed by atoms with E-state index < -0.39 is 0 Å². The summed E-state index contributed by atoms with van der Waals surface area (Å²) < 4.78 is 31.9. The third-order valence-electron chi connectivity index (χ3n) is 6.38. The van der Waals surface area contributed by atoms with Crippen molar-refractivity contribution in [3.05, 3.63) is 83.7 Å². The zero-order chi connectivity index (χ0) is 26.2. The lowest BCUT2D eigenvalue weighted by Gasteiger charge is -2.23. The second-order valence-electron chi connectivity index (χ2n) is 8.83. The van der Waals surface area contributed by atoms with Crippen LogP contribution in [-0.4, -0.2) is 40.2 Å². The highest BCUT2D eigenvalue weighted by Crippen LogP contribution is 2.37. The summed E-state index contributed by atoms with van der Waals surface area (Å²) >= 11 is 1.30. The maximum Gasteiger partial charge on any atom is 0.237 e. The first-order valence-corrected chi connectivity index (χ1v) is 12.9. The summed E-state index contributed by atoms with van der Waals surface area (Å²) in [5.74, 6) is 1.68. The molecule has 0 spiro atoms. The summed E-state index contributed by atoms with van der Waals surface area (Å²) in [6.07, 6.45) is 0. The van der Waals surface area contributed by atoms with Gasteiger partial charge in [-0.2, -0.15) is 0 Å². The molecule has 0 aliphatic carbocycles. The van der Waals surface area contributed by atoms with E-state index >= 15 is 0 Å². The fourth-order valence-electron chi connectivity index (χ4n) is 4.45. The van der Waals surface area contributed by atoms with Gasteiger partial charge >= 0.3 is 0 Å². The minimum Gasteiger partial charge on any atom is -0.497 e. The van der Waals surface area contributed by atoms with Crippen LogP contribution in [0.25, 0.3) is 16.6 Å². The Balaban J connectivity index is 1.30. The van der Waals surface area contributed by atoms with Crippen LogP contribution < -0.4 is 19.1 Å². The predicted octanol–water partition coefficient (Wildman–Crippen LogP) is 5.39. The summed E-state index contributed by atoms with van der Waals surface area (Å²) in [4.78, 5) is 15.2. The van der Waals surface area contributed by atoms with E-state index in [1.165, 1.54) is 23.9 Å². The molecule has 10 heteroatoms. The molecule has 8 nitrogen and oxygen atoms in total. The maximum atomic E-state index is 13.6. The summed E-state index contributed by atoms with van der Waals surface area (Å²) in [5, 5.41) is 10.3. The smallest absolute Gasteiger partial charge is 0.237 e. The number of rotatable bonds is 7. The Kier molecular flexibility index (Phi) is 6.24. The summed E-state index contributed by atoms with van der Waals surface area (Å²) in [7, 11) is 1.60. The van der Waals surface area contributed by atoms with E-state index in [4.69, 9.17) is 14.2 Å². The lowest BCUT2D eigenvalue weighted by atomic mass is 10.1. The molecule has 0 fully saturated rings. The topological polar surface area (TPSA) is 78.2 Å². The zero-order valence-corrected chi connectivity index (χ0v) is 21.5. The third-order valence-corrected chi connectivity index (χ3v) is 7.30. The van der Waals surface area contributed by atoms with Gasteiger partial charge in [-0.3, -0.25) is 9.20 Å². The Morgan fingerprint density at radius 1 is 1.05 bits per heavy atom. The zero-order valence-electron chi connectivity index (χ0n) is 20.7. The van der Waals surface area contributed by atoms with Crippen molar-refractivity contribution in [1.82, 2.24) is 14.6 Å². The van der Waals surface area contributed by atoms with Crippen molar-refractivity contribution in [1.29, 1.82) is 0 Å². The van der Waals surface area contributed by atoms with Gasteiger partial charge in [0.2, 0.25) is 12.7 Å². The van der Waals surface area contributed by atoms with Crippen molar-refractivity contribution >= 4 is 39.9 Å². The molecule has 1 amide bonds. The number of benzene rings is 3. The Morgan fingerprint density at radius 3 is 2.53 bits per heavy atom. The van der Waals surface area contributed by atoms with Crippen LogP contribution in [0.4, 0.5) is 10.1 Å². The average Bonchev–Trinajstić information content (AvgIpc) is 3.57. The molecule has 3 heterocycles. The minimum absolute atomic E-state index is 0.105. The number of carbonyl (C=O) groups is 1. The van der Waals surface area contributed by atoms with E-state index in [2.05, 4.69) is 10.2 Å². The number of nitrogens with zero attached hydrogens (tertiary/aromatic N) is 4. The van der Waals surface area contributed by atoms with E-state index in [0.717, 1.165) is 27.8 Å². The van der Waals surface area contributed by atoms with Crippen LogP contribution in [0.3, 0.4) is 0 Å². The molecule has 1 aliphatic heterocycles. The second-order valence-corrected chi connectivity index (χ2v) is 9.77. The molecule has 2 aromatic heterocycles. The highest BCUT2D eigenvalue weighted by atomic mass is 32.2. The standard InChI is InChI=1S/C28H23FN4O4S/c1-17-11-19-12-24-25(37-16-36-24)13-23(19)33-27(17)30-31-28(33)38-15-26(34)32(21-7-5-20(29)6-8-21)14-18-3-9-22(35-2)10-4-18/h3-13H,14-16H2,1-2H3. The molecular weight excluding hydrogens is 507 g/mol. The van der Waals surface area contributed by atoms with Crippen molar-refractivity contribution in [3.8, 4) is 17.2 Å². The largest absolute Gasteiger partial charge is 0.497 e. The number of anilines is 1. The lowest BCUT2D eigenvalue weighted by Crippen LogP contribution is -2.32. The van der Waals surface area contributed by atoms with Gasteiger partial charge in [-0.25, -0.2) is 4.39 Å². The molecule has 6 rings (SSSR count). The highest BCUT2D eigenvalue weighted by Gasteiger charge is 2.21. The average molecular weight is 531 g/mol. The SMILES string of the molecule is COc1ccc(CN(C(=O)CSc2nnc3c(C)cc4cc5c(cc4n23)OCO5)c2ccc(F)cc2)cc1. The van der Waals surface area contributed by atoms with Crippen molar-refractivity contribution in [2.75, 3.05) is 24.6 Å². The second kappa shape index (κ2) is 9.86. The first kappa shape index (κ1) is 24.1. The molecule has 192 valence electrons. The molecule has 3 aromatic carbocycles. The lowest BCUT2D eigenvalue weighted by molar-refractivity contribution is -0.116. The number of hydrogen-bond acceptors (Lipinski definition) is 7. The third kappa shape index (κ3) is 4.47. The van der Waals surface area contributed by atoms with Crippen LogP contribution in [0.5, 0.6) is 17.2 Å². The van der Waals surface area contributed by atoms with E-state index in [-0.39, 0.29) is 24.3 Å². The molecule has 0 atom stereocenters. The van der Waals surface area contributed by atoms with Crippen molar-refractivity contribution in [2.45, 2.75) is 18.6 Å². The molecule has 0 radical (unpaired) electrons. The number of aryl methyl sites for hydroxylation is 1. The number of carbonyl (C=O) groups excluding carboxylic acids is 1. The number of hydrogen-bond donors (Lipinski definition) is 0. The number of fused-ring (bicyclic) bond motifs is 4. The Morgan fingerprint density at radius 2 is 1.79 bits per heavy atom. The molecule has 38 heavy (non-hydrogen) atoms. The number of ether oxygens (including phenoxy) is 3. The maximum absolute atomic E-state index is 13.6. The van der Waals surface area contributed by atoms with Crippen LogP contribution in [0.15, 0.2) is 71.9 Å². The van der Waals surface area contributed by atoms with Gasteiger partial charge in [0.15, 0.2) is 22.3 Å². The van der Waals surface area contributed by atoms with Crippen molar-refractivity contribution in [2.24, 2.45) is 0 Å². The van der Waals surface area contributed by atoms with Gasteiger partial charge in [0.1, 0.15) is 11.6 Å². The number of aromatic nitrogens is 3. The van der Waals surface area contributed by atoms with E-state index in [1.807, 2.05) is 53.8 Å². The molecule has 0 unspecified atom stereocenters. The molecule has 0 saturated carbocycles. The number of thioether (sulfide) groups is 1. The number of halogens is 1.